The summed E-state index contributed by atoms with van der Waals surface area (Å²) < 4.78 is 0. The SMILES string of the molecule is CCC(C)NC(=O)C1(C(=O)Nc2ccc(N3CCCC3)cc2)CC1. The Kier molecular flexibility index (Phi) is 4.78. The average molecular weight is 329 g/mol. The maximum absolute atomic E-state index is 12.6. The molecule has 1 aromatic rings. The van der Waals surface area contributed by atoms with Crippen LogP contribution in [-0.4, -0.2) is 30.9 Å². The standard InChI is InChI=1S/C19H27N3O2/c1-3-14(2)20-17(23)19(10-11-19)18(24)21-15-6-8-16(9-7-15)22-12-4-5-13-22/h6-9,14H,3-5,10-13H2,1-2H3,(H,20,23)(H,21,24). The van der Waals surface area contributed by atoms with E-state index < -0.39 is 5.41 Å². The highest BCUT2D eigenvalue weighted by molar-refractivity contribution is 6.13. The summed E-state index contributed by atoms with van der Waals surface area (Å²) in [5.41, 5.74) is 1.09. The minimum Gasteiger partial charge on any atom is -0.372 e. The minimum atomic E-state index is -0.864. The molecule has 1 saturated heterocycles. The summed E-state index contributed by atoms with van der Waals surface area (Å²) in [6.07, 6.45) is 4.61. The number of nitrogens with one attached hydrogen (secondary N) is 2. The molecule has 0 aromatic heterocycles. The molecule has 2 N–H and O–H groups in total. The third kappa shape index (κ3) is 3.40. The Bertz CT molecular complexity index is 602. The summed E-state index contributed by atoms with van der Waals surface area (Å²) in [7, 11) is 0. The number of nitrogens with zero attached hydrogens (tertiary/aromatic N) is 1. The average Bonchev–Trinajstić information content (AvgIpc) is 3.23. The van der Waals surface area contributed by atoms with Crippen LogP contribution < -0.4 is 15.5 Å². The van der Waals surface area contributed by atoms with Crippen molar-refractivity contribution in [2.75, 3.05) is 23.3 Å². The lowest BCUT2D eigenvalue weighted by atomic mass is 10.0. The third-order valence-corrected chi connectivity index (χ3v) is 5.21. The largest absolute Gasteiger partial charge is 0.372 e. The van der Waals surface area contributed by atoms with E-state index in [-0.39, 0.29) is 17.9 Å². The van der Waals surface area contributed by atoms with E-state index in [4.69, 9.17) is 0 Å². The third-order valence-electron chi connectivity index (χ3n) is 5.21. The van der Waals surface area contributed by atoms with Crippen molar-refractivity contribution in [1.82, 2.24) is 5.32 Å². The number of carbonyl (C=O) groups is 2. The summed E-state index contributed by atoms with van der Waals surface area (Å²) in [6.45, 7) is 6.19. The van der Waals surface area contributed by atoms with Crippen LogP contribution in [0.4, 0.5) is 11.4 Å². The van der Waals surface area contributed by atoms with E-state index >= 15 is 0 Å². The van der Waals surface area contributed by atoms with Gasteiger partial charge in [0.15, 0.2) is 0 Å². The van der Waals surface area contributed by atoms with Crippen molar-refractivity contribution in [2.45, 2.75) is 52.0 Å². The van der Waals surface area contributed by atoms with E-state index in [2.05, 4.69) is 15.5 Å². The topological polar surface area (TPSA) is 61.4 Å². The van der Waals surface area contributed by atoms with Crippen molar-refractivity contribution in [1.29, 1.82) is 0 Å². The first-order valence-corrected chi connectivity index (χ1v) is 9.02. The molecule has 0 radical (unpaired) electrons. The summed E-state index contributed by atoms with van der Waals surface area (Å²) in [5, 5.41) is 5.86. The molecule has 1 aromatic carbocycles. The van der Waals surface area contributed by atoms with Crippen molar-refractivity contribution in [3.63, 3.8) is 0 Å². The summed E-state index contributed by atoms with van der Waals surface area (Å²) in [5.74, 6) is -0.319. The van der Waals surface area contributed by atoms with Gasteiger partial charge in [-0.25, -0.2) is 0 Å². The molecule has 0 bridgehead atoms. The number of benzene rings is 1. The van der Waals surface area contributed by atoms with Crippen molar-refractivity contribution < 1.29 is 9.59 Å². The molecule has 1 aliphatic heterocycles. The molecule has 1 atom stereocenters. The molecular formula is C19H27N3O2. The molecular weight excluding hydrogens is 302 g/mol. The molecule has 1 aliphatic carbocycles. The Morgan fingerprint density at radius 1 is 1.12 bits per heavy atom. The number of amides is 2. The molecule has 5 heteroatoms. The van der Waals surface area contributed by atoms with Gasteiger partial charge in [-0.2, -0.15) is 0 Å². The van der Waals surface area contributed by atoms with Crippen LogP contribution in [-0.2, 0) is 9.59 Å². The highest BCUT2D eigenvalue weighted by Crippen LogP contribution is 2.47. The van der Waals surface area contributed by atoms with E-state index in [9.17, 15) is 9.59 Å². The second kappa shape index (κ2) is 6.83. The van der Waals surface area contributed by atoms with Crippen LogP contribution in [0.5, 0.6) is 0 Å². The molecule has 2 amide bonds. The Balaban J connectivity index is 1.61. The van der Waals surface area contributed by atoms with E-state index in [0.29, 0.717) is 12.8 Å². The van der Waals surface area contributed by atoms with Gasteiger partial charge in [0.05, 0.1) is 0 Å². The maximum Gasteiger partial charge on any atom is 0.240 e. The summed E-state index contributed by atoms with van der Waals surface area (Å²) >= 11 is 0. The van der Waals surface area contributed by atoms with Crippen LogP contribution in [0.2, 0.25) is 0 Å². The van der Waals surface area contributed by atoms with E-state index in [0.717, 1.165) is 25.2 Å². The molecule has 1 unspecified atom stereocenters. The molecule has 130 valence electrons. The Morgan fingerprint density at radius 3 is 2.29 bits per heavy atom. The Morgan fingerprint density at radius 2 is 1.75 bits per heavy atom. The molecule has 3 rings (SSSR count). The molecule has 2 fully saturated rings. The van der Waals surface area contributed by atoms with Crippen LogP contribution in [0.1, 0.15) is 46.0 Å². The Labute approximate surface area is 143 Å². The monoisotopic (exact) mass is 329 g/mol. The number of anilines is 2. The van der Waals surface area contributed by atoms with Crippen LogP contribution in [0, 0.1) is 5.41 Å². The number of rotatable bonds is 6. The van der Waals surface area contributed by atoms with Gasteiger partial charge in [-0.05, 0) is 63.3 Å². The lowest BCUT2D eigenvalue weighted by Crippen LogP contribution is -2.43. The highest BCUT2D eigenvalue weighted by Gasteiger charge is 2.56. The number of hydrogen-bond acceptors (Lipinski definition) is 3. The van der Waals surface area contributed by atoms with Crippen molar-refractivity contribution in [3.05, 3.63) is 24.3 Å². The lowest BCUT2D eigenvalue weighted by molar-refractivity contribution is -0.134. The molecule has 24 heavy (non-hydrogen) atoms. The molecule has 1 heterocycles. The van der Waals surface area contributed by atoms with Gasteiger partial charge in [0.1, 0.15) is 5.41 Å². The highest BCUT2D eigenvalue weighted by atomic mass is 16.2. The normalized spacial score (nSPS) is 19.7. The van der Waals surface area contributed by atoms with E-state index in [1.165, 1.54) is 18.5 Å². The van der Waals surface area contributed by atoms with Crippen LogP contribution in [0.15, 0.2) is 24.3 Å². The van der Waals surface area contributed by atoms with Gasteiger partial charge in [0.2, 0.25) is 11.8 Å². The fraction of sp³-hybridized carbons (Fsp3) is 0.579. The van der Waals surface area contributed by atoms with Gasteiger partial charge in [-0.1, -0.05) is 6.92 Å². The Hall–Kier alpha value is -2.04. The first-order valence-electron chi connectivity index (χ1n) is 9.02. The molecule has 0 spiro atoms. The van der Waals surface area contributed by atoms with Crippen molar-refractivity contribution >= 4 is 23.2 Å². The van der Waals surface area contributed by atoms with E-state index in [1.54, 1.807) is 0 Å². The summed E-state index contributed by atoms with van der Waals surface area (Å²) in [6, 6.07) is 8.03. The van der Waals surface area contributed by atoms with Gasteiger partial charge in [0, 0.05) is 30.5 Å². The number of carbonyl (C=O) groups excluding carboxylic acids is 2. The van der Waals surface area contributed by atoms with Crippen LogP contribution >= 0.6 is 0 Å². The van der Waals surface area contributed by atoms with Gasteiger partial charge >= 0.3 is 0 Å². The van der Waals surface area contributed by atoms with Gasteiger partial charge in [-0.3, -0.25) is 9.59 Å². The van der Waals surface area contributed by atoms with Crippen LogP contribution in [0.3, 0.4) is 0 Å². The first kappa shape index (κ1) is 16.8. The zero-order valence-electron chi connectivity index (χ0n) is 14.6. The molecule has 2 aliphatic rings. The molecule has 1 saturated carbocycles. The zero-order valence-corrected chi connectivity index (χ0v) is 14.6. The fourth-order valence-electron chi connectivity index (χ4n) is 3.13. The fourth-order valence-corrected chi connectivity index (χ4v) is 3.13. The van der Waals surface area contributed by atoms with Crippen LogP contribution in [0.25, 0.3) is 0 Å². The van der Waals surface area contributed by atoms with Gasteiger partial charge < -0.3 is 15.5 Å². The second-order valence-electron chi connectivity index (χ2n) is 7.06. The number of hydrogen-bond donors (Lipinski definition) is 2. The predicted molar refractivity (Wildman–Crippen MR) is 96.1 cm³/mol. The van der Waals surface area contributed by atoms with Crippen molar-refractivity contribution in [2.24, 2.45) is 5.41 Å². The second-order valence-corrected chi connectivity index (χ2v) is 7.06. The van der Waals surface area contributed by atoms with Gasteiger partial charge in [0.25, 0.3) is 0 Å². The predicted octanol–water partition coefficient (Wildman–Crippen LogP) is 2.92. The minimum absolute atomic E-state index is 0.0996. The first-order chi connectivity index (χ1) is 11.5. The molecule has 5 nitrogen and oxygen atoms in total. The summed E-state index contributed by atoms with van der Waals surface area (Å²) in [4.78, 5) is 27.3. The quantitative estimate of drug-likeness (QED) is 0.789. The van der Waals surface area contributed by atoms with Gasteiger partial charge in [-0.15, -0.1) is 0 Å². The van der Waals surface area contributed by atoms with E-state index in [1.807, 2.05) is 38.1 Å². The maximum atomic E-state index is 12.6. The zero-order chi connectivity index (χ0) is 17.2. The lowest BCUT2D eigenvalue weighted by Gasteiger charge is -2.20. The smallest absolute Gasteiger partial charge is 0.240 e. The van der Waals surface area contributed by atoms with Crippen molar-refractivity contribution in [3.8, 4) is 0 Å².